The van der Waals surface area contributed by atoms with Crippen molar-refractivity contribution < 1.29 is 23.5 Å². The second-order valence-electron chi connectivity index (χ2n) is 8.45. The lowest BCUT2D eigenvalue weighted by Crippen LogP contribution is -2.19. The Kier molecular flexibility index (Phi) is 8.05. The number of hydrogen-bond acceptors (Lipinski definition) is 13. The summed E-state index contributed by atoms with van der Waals surface area (Å²) < 4.78 is 22.3. The van der Waals surface area contributed by atoms with Gasteiger partial charge >= 0.3 is 11.7 Å². The van der Waals surface area contributed by atoms with Gasteiger partial charge in [-0.05, 0) is 44.2 Å². The molecule has 4 aromatic heterocycles. The lowest BCUT2D eigenvalue weighted by Gasteiger charge is -2.19. The first-order valence-electron chi connectivity index (χ1n) is 12.6. The van der Waals surface area contributed by atoms with Crippen molar-refractivity contribution in [1.29, 1.82) is 0 Å². The van der Waals surface area contributed by atoms with Gasteiger partial charge in [0.05, 0.1) is 25.8 Å². The molecule has 1 unspecified atom stereocenters. The minimum atomic E-state index is -0.704. The molecule has 0 bridgehead atoms. The topological polar surface area (TPSA) is 172 Å². The number of aromatic nitrogens is 7. The van der Waals surface area contributed by atoms with Crippen LogP contribution in [0, 0.1) is 6.92 Å². The summed E-state index contributed by atoms with van der Waals surface area (Å²) in [5.41, 5.74) is 2.95. The van der Waals surface area contributed by atoms with Crippen LogP contribution in [0.5, 0.6) is 11.6 Å². The molecule has 5 rings (SSSR count). The second kappa shape index (κ2) is 12.0. The monoisotopic (exact) mass is 578 g/mol. The van der Waals surface area contributed by atoms with Gasteiger partial charge in [-0.1, -0.05) is 5.16 Å². The Hall–Kier alpha value is -5.05. The maximum Gasteiger partial charge on any atom is 0.352 e. The Labute approximate surface area is 237 Å². The van der Waals surface area contributed by atoms with Gasteiger partial charge in [0.15, 0.2) is 22.3 Å². The summed E-state index contributed by atoms with van der Waals surface area (Å²) in [4.78, 5) is 41.3. The lowest BCUT2D eigenvalue weighted by molar-refractivity contribution is 0.0531. The number of benzene rings is 1. The molecule has 0 saturated heterocycles. The largest absolute Gasteiger partial charge is 0.488 e. The number of nitrogens with zero attached hydrogens (tertiary/aromatic N) is 6. The number of aryl methyl sites for hydroxylation is 1. The highest BCUT2D eigenvalue weighted by molar-refractivity contribution is 7.12. The van der Waals surface area contributed by atoms with E-state index in [1.807, 2.05) is 31.2 Å². The number of pyridine rings is 1. The van der Waals surface area contributed by atoms with Gasteiger partial charge in [-0.15, -0.1) is 16.4 Å². The highest BCUT2D eigenvalue weighted by Gasteiger charge is 2.26. The van der Waals surface area contributed by atoms with Crippen molar-refractivity contribution >= 4 is 23.0 Å². The standard InChI is InChI=1S/C26H26N8O6S/c1-5-38-18-11-16(12-27-24(18)37-4)19(30-17-9-7-15(8-10-17)21-29-14(3)40-33-21)22-31-26(36)34(32-22)23-20(41-13-28-23)25(35)39-6-2/h7-13,19,30H,5-6H2,1-4H3,(H,31,32,36). The van der Waals surface area contributed by atoms with E-state index in [4.69, 9.17) is 18.7 Å². The number of hydrogen-bond donors (Lipinski definition) is 2. The van der Waals surface area contributed by atoms with Gasteiger partial charge in [-0.3, -0.25) is 4.98 Å². The number of carbonyl (C=O) groups excluding carboxylic acids is 1. The lowest BCUT2D eigenvalue weighted by atomic mass is 10.1. The number of thiazole rings is 1. The Bertz CT molecular complexity index is 1710. The fourth-order valence-electron chi connectivity index (χ4n) is 3.97. The van der Waals surface area contributed by atoms with Gasteiger partial charge in [0.1, 0.15) is 6.04 Å². The third kappa shape index (κ3) is 5.79. The van der Waals surface area contributed by atoms with E-state index in [-0.39, 0.29) is 23.1 Å². The van der Waals surface area contributed by atoms with E-state index < -0.39 is 17.7 Å². The molecule has 5 aromatic rings. The van der Waals surface area contributed by atoms with Crippen LogP contribution in [0.15, 0.2) is 51.4 Å². The summed E-state index contributed by atoms with van der Waals surface area (Å²) in [6, 6.07) is 8.40. The zero-order valence-electron chi connectivity index (χ0n) is 22.6. The van der Waals surface area contributed by atoms with Crippen molar-refractivity contribution in [1.82, 2.24) is 34.9 Å². The summed E-state index contributed by atoms with van der Waals surface area (Å²) >= 11 is 1.06. The minimum Gasteiger partial charge on any atom is -0.488 e. The second-order valence-corrected chi connectivity index (χ2v) is 9.31. The Balaban J connectivity index is 1.55. The number of ether oxygens (including phenoxy) is 3. The maximum atomic E-state index is 13.1. The maximum absolute atomic E-state index is 13.1. The van der Waals surface area contributed by atoms with Gasteiger partial charge < -0.3 is 24.1 Å². The molecular weight excluding hydrogens is 552 g/mol. The van der Waals surface area contributed by atoms with Crippen LogP contribution in [-0.4, -0.2) is 61.2 Å². The van der Waals surface area contributed by atoms with Gasteiger partial charge in [0.2, 0.25) is 11.7 Å². The minimum absolute atomic E-state index is 0.0716. The molecule has 1 aromatic carbocycles. The smallest absolute Gasteiger partial charge is 0.352 e. The SMILES string of the molecule is CCOC(=O)c1scnc1-n1nc(C(Nc2ccc(-c3noc(C)n3)cc2)c2cnc(OC)c(OCC)c2)[nH]c1=O. The highest BCUT2D eigenvalue weighted by atomic mass is 32.1. The van der Waals surface area contributed by atoms with Crippen LogP contribution < -0.4 is 20.5 Å². The molecule has 1 atom stereocenters. The predicted octanol–water partition coefficient (Wildman–Crippen LogP) is 3.56. The van der Waals surface area contributed by atoms with Gasteiger partial charge in [-0.25, -0.2) is 19.6 Å². The summed E-state index contributed by atoms with van der Waals surface area (Å²) in [6.45, 7) is 5.84. The average molecular weight is 579 g/mol. The predicted molar refractivity (Wildman–Crippen MR) is 148 cm³/mol. The molecule has 41 heavy (non-hydrogen) atoms. The van der Waals surface area contributed by atoms with E-state index in [1.54, 1.807) is 26.1 Å². The van der Waals surface area contributed by atoms with Crippen LogP contribution >= 0.6 is 11.3 Å². The quantitative estimate of drug-likeness (QED) is 0.219. The molecule has 0 aliphatic carbocycles. The number of carbonyl (C=O) groups is 1. The van der Waals surface area contributed by atoms with E-state index in [1.165, 1.54) is 12.6 Å². The summed E-state index contributed by atoms with van der Waals surface area (Å²) in [5, 5.41) is 11.8. The summed E-state index contributed by atoms with van der Waals surface area (Å²) in [6.07, 6.45) is 1.60. The molecule has 212 valence electrons. The van der Waals surface area contributed by atoms with E-state index in [0.29, 0.717) is 41.2 Å². The van der Waals surface area contributed by atoms with E-state index in [0.717, 1.165) is 21.6 Å². The van der Waals surface area contributed by atoms with Crippen molar-refractivity contribution in [2.75, 3.05) is 25.6 Å². The third-order valence-corrected chi connectivity index (χ3v) is 6.56. The van der Waals surface area contributed by atoms with Crippen LogP contribution in [0.4, 0.5) is 5.69 Å². The van der Waals surface area contributed by atoms with Crippen LogP contribution in [0.1, 0.15) is 46.8 Å². The molecular formula is C26H26N8O6S. The number of rotatable bonds is 11. The Morgan fingerprint density at radius 1 is 1.20 bits per heavy atom. The molecule has 0 spiro atoms. The number of H-pyrrole nitrogens is 1. The van der Waals surface area contributed by atoms with Crippen molar-refractivity contribution in [2.45, 2.75) is 26.8 Å². The normalized spacial score (nSPS) is 11.7. The van der Waals surface area contributed by atoms with Crippen LogP contribution in [0.2, 0.25) is 0 Å². The van der Waals surface area contributed by atoms with Crippen molar-refractivity contribution in [3.05, 3.63) is 74.7 Å². The van der Waals surface area contributed by atoms with Gasteiger partial charge in [0.25, 0.3) is 5.88 Å². The molecule has 0 fully saturated rings. The number of nitrogens with one attached hydrogen (secondary N) is 2. The number of aromatic amines is 1. The molecule has 0 saturated carbocycles. The molecule has 0 aliphatic rings. The first kappa shape index (κ1) is 27.5. The van der Waals surface area contributed by atoms with E-state index in [2.05, 4.69) is 35.5 Å². The van der Waals surface area contributed by atoms with E-state index >= 15 is 0 Å². The Morgan fingerprint density at radius 2 is 2.00 bits per heavy atom. The molecule has 2 N–H and O–H groups in total. The molecule has 14 nitrogen and oxygen atoms in total. The molecule has 4 heterocycles. The zero-order valence-corrected chi connectivity index (χ0v) is 23.4. The highest BCUT2D eigenvalue weighted by Crippen LogP contribution is 2.32. The van der Waals surface area contributed by atoms with Crippen LogP contribution in [-0.2, 0) is 4.74 Å². The van der Waals surface area contributed by atoms with Gasteiger partial charge in [0, 0.05) is 29.9 Å². The average Bonchev–Trinajstić information content (AvgIpc) is 3.72. The third-order valence-electron chi connectivity index (χ3n) is 5.77. The van der Waals surface area contributed by atoms with Crippen LogP contribution in [0.25, 0.3) is 17.2 Å². The molecule has 0 aliphatic heterocycles. The number of anilines is 1. The molecule has 15 heteroatoms. The fraction of sp³-hybridized carbons (Fsp3) is 0.269. The van der Waals surface area contributed by atoms with Gasteiger partial charge in [-0.2, -0.15) is 9.67 Å². The van der Waals surface area contributed by atoms with Crippen molar-refractivity contribution in [2.24, 2.45) is 0 Å². The molecule has 0 amide bonds. The van der Waals surface area contributed by atoms with Crippen molar-refractivity contribution in [3.63, 3.8) is 0 Å². The Morgan fingerprint density at radius 3 is 2.68 bits per heavy atom. The fourth-order valence-corrected chi connectivity index (χ4v) is 4.62. The first-order chi connectivity index (χ1) is 19.9. The molecule has 0 radical (unpaired) electrons. The first-order valence-corrected chi connectivity index (χ1v) is 13.4. The number of esters is 1. The van der Waals surface area contributed by atoms with Crippen molar-refractivity contribution in [3.8, 4) is 28.8 Å². The van der Waals surface area contributed by atoms with Crippen LogP contribution in [0.3, 0.4) is 0 Å². The summed E-state index contributed by atoms with van der Waals surface area (Å²) in [7, 11) is 1.50. The summed E-state index contributed by atoms with van der Waals surface area (Å²) in [5.74, 6) is 1.39. The zero-order chi connectivity index (χ0) is 28.9. The number of methoxy groups -OCH3 is 1. The van der Waals surface area contributed by atoms with E-state index in [9.17, 15) is 9.59 Å².